The van der Waals surface area contributed by atoms with Crippen molar-refractivity contribution in [3.63, 3.8) is 0 Å². The lowest BCUT2D eigenvalue weighted by Gasteiger charge is -2.15. The van der Waals surface area contributed by atoms with Gasteiger partial charge in [0.05, 0.1) is 0 Å². The van der Waals surface area contributed by atoms with Crippen LogP contribution in [-0.2, 0) is 0 Å². The van der Waals surface area contributed by atoms with Crippen molar-refractivity contribution < 1.29 is 5.11 Å². The maximum Gasteiger partial charge on any atom is 0.115 e. The number of hydrogen-bond acceptors (Lipinski definition) is 1. The van der Waals surface area contributed by atoms with Crippen molar-refractivity contribution in [3.8, 4) is 50.3 Å². The van der Waals surface area contributed by atoms with Gasteiger partial charge >= 0.3 is 0 Å². The van der Waals surface area contributed by atoms with Crippen LogP contribution in [-0.4, -0.2) is 5.11 Å². The Labute approximate surface area is 208 Å². The fourth-order valence-corrected chi connectivity index (χ4v) is 4.91. The highest BCUT2D eigenvalue weighted by atomic mass is 16.3. The molecule has 0 saturated heterocycles. The number of aryl methyl sites for hydroxylation is 4. The lowest BCUT2D eigenvalue weighted by Crippen LogP contribution is -1.91. The number of aromatic hydroxyl groups is 1. The van der Waals surface area contributed by atoms with Gasteiger partial charge in [0.25, 0.3) is 0 Å². The van der Waals surface area contributed by atoms with Gasteiger partial charge < -0.3 is 5.11 Å². The second-order valence-corrected chi connectivity index (χ2v) is 9.45. The lowest BCUT2D eigenvalue weighted by atomic mass is 9.90. The van der Waals surface area contributed by atoms with Gasteiger partial charge in [-0.05, 0) is 113 Å². The maximum atomic E-state index is 9.58. The highest BCUT2D eigenvalue weighted by Crippen LogP contribution is 2.35. The Morgan fingerprint density at radius 3 is 1.43 bits per heavy atom. The summed E-state index contributed by atoms with van der Waals surface area (Å²) in [6, 6.07) is 36.1. The Balaban J connectivity index is 1.49. The third kappa shape index (κ3) is 4.50. The van der Waals surface area contributed by atoms with E-state index >= 15 is 0 Å². The summed E-state index contributed by atoms with van der Waals surface area (Å²) in [5.41, 5.74) is 14.9. The minimum absolute atomic E-state index is 0.289. The molecule has 1 heteroatoms. The van der Waals surface area contributed by atoms with E-state index < -0.39 is 0 Å². The summed E-state index contributed by atoms with van der Waals surface area (Å²) in [7, 11) is 0. The summed E-state index contributed by atoms with van der Waals surface area (Å²) in [5.74, 6) is 0.289. The Morgan fingerprint density at radius 1 is 0.371 bits per heavy atom. The normalized spacial score (nSPS) is 11.0. The Kier molecular flexibility index (Phi) is 6.01. The van der Waals surface area contributed by atoms with Crippen LogP contribution in [0.3, 0.4) is 0 Å². The molecule has 5 aromatic rings. The summed E-state index contributed by atoms with van der Waals surface area (Å²) in [5, 5.41) is 9.58. The first-order valence-corrected chi connectivity index (χ1v) is 12.1. The van der Waals surface area contributed by atoms with E-state index in [2.05, 4.69) is 107 Å². The minimum atomic E-state index is 0.289. The zero-order valence-corrected chi connectivity index (χ0v) is 20.8. The summed E-state index contributed by atoms with van der Waals surface area (Å²) in [6.07, 6.45) is 0. The van der Waals surface area contributed by atoms with Gasteiger partial charge in [0, 0.05) is 0 Å². The number of phenolic OH excluding ortho intramolecular Hbond substituents is 1. The molecule has 0 saturated carbocycles. The smallest absolute Gasteiger partial charge is 0.115 e. The van der Waals surface area contributed by atoms with Gasteiger partial charge in [0.15, 0.2) is 0 Å². The molecule has 1 N–H and O–H groups in total. The first kappa shape index (κ1) is 22.7. The fraction of sp³-hybridized carbons (Fsp3) is 0.118. The largest absolute Gasteiger partial charge is 0.508 e. The van der Waals surface area contributed by atoms with E-state index in [-0.39, 0.29) is 5.75 Å². The van der Waals surface area contributed by atoms with Gasteiger partial charge in [-0.1, -0.05) is 84.9 Å². The average Bonchev–Trinajstić information content (AvgIpc) is 2.85. The van der Waals surface area contributed by atoms with Crippen LogP contribution < -0.4 is 0 Å². The second-order valence-electron chi connectivity index (χ2n) is 9.45. The third-order valence-corrected chi connectivity index (χ3v) is 6.95. The van der Waals surface area contributed by atoms with E-state index in [1.807, 2.05) is 12.1 Å². The predicted octanol–water partition coefficient (Wildman–Crippen LogP) is 9.29. The van der Waals surface area contributed by atoms with Crippen LogP contribution >= 0.6 is 0 Å². The highest BCUT2D eigenvalue weighted by molar-refractivity contribution is 5.81. The molecular formula is C34H30O. The van der Waals surface area contributed by atoms with Crippen LogP contribution in [0.15, 0.2) is 103 Å². The van der Waals surface area contributed by atoms with Crippen LogP contribution in [0.2, 0.25) is 0 Å². The lowest BCUT2D eigenvalue weighted by molar-refractivity contribution is 0.475. The quantitative estimate of drug-likeness (QED) is 0.287. The number of rotatable bonds is 4. The van der Waals surface area contributed by atoms with Crippen LogP contribution in [0, 0.1) is 27.7 Å². The van der Waals surface area contributed by atoms with Crippen molar-refractivity contribution in [2.45, 2.75) is 27.7 Å². The molecular weight excluding hydrogens is 424 g/mol. The Hall–Kier alpha value is -4.10. The Bertz CT molecular complexity index is 1520. The molecule has 172 valence electrons. The van der Waals surface area contributed by atoms with Crippen molar-refractivity contribution in [2.75, 3.05) is 0 Å². The summed E-state index contributed by atoms with van der Waals surface area (Å²) < 4.78 is 0. The molecule has 0 aliphatic heterocycles. The van der Waals surface area contributed by atoms with E-state index in [4.69, 9.17) is 0 Å². The van der Waals surface area contributed by atoms with Gasteiger partial charge in [0.2, 0.25) is 0 Å². The zero-order valence-electron chi connectivity index (χ0n) is 20.8. The van der Waals surface area contributed by atoms with Crippen molar-refractivity contribution in [3.05, 3.63) is 125 Å². The van der Waals surface area contributed by atoms with E-state index in [1.165, 1.54) is 55.6 Å². The van der Waals surface area contributed by atoms with Gasteiger partial charge in [-0.25, -0.2) is 0 Å². The summed E-state index contributed by atoms with van der Waals surface area (Å²) in [6.45, 7) is 8.73. The molecule has 0 radical (unpaired) electrons. The van der Waals surface area contributed by atoms with Crippen molar-refractivity contribution in [1.29, 1.82) is 0 Å². The molecule has 0 atom stereocenters. The standard InChI is InChI=1S/C34H30O/c1-22-7-5-6-8-31(22)34-21-29(10-9-23(34)2)28-14-18-33(25(4)20-28)32-17-13-27(19-24(32)3)26-11-15-30(35)16-12-26/h5-21,35H,1-4H3. The van der Waals surface area contributed by atoms with Crippen LogP contribution in [0.1, 0.15) is 22.3 Å². The van der Waals surface area contributed by atoms with Crippen molar-refractivity contribution >= 4 is 0 Å². The molecule has 5 aromatic carbocycles. The van der Waals surface area contributed by atoms with Gasteiger partial charge in [0.1, 0.15) is 5.75 Å². The molecule has 0 spiro atoms. The van der Waals surface area contributed by atoms with E-state index in [9.17, 15) is 5.11 Å². The summed E-state index contributed by atoms with van der Waals surface area (Å²) in [4.78, 5) is 0. The van der Waals surface area contributed by atoms with Gasteiger partial charge in [-0.2, -0.15) is 0 Å². The average molecular weight is 455 g/mol. The van der Waals surface area contributed by atoms with E-state index in [1.54, 1.807) is 12.1 Å². The third-order valence-electron chi connectivity index (χ3n) is 6.95. The number of benzene rings is 5. The molecule has 0 aromatic heterocycles. The van der Waals surface area contributed by atoms with Gasteiger partial charge in [-0.3, -0.25) is 0 Å². The molecule has 0 heterocycles. The molecule has 0 bridgehead atoms. The molecule has 5 rings (SSSR count). The first-order valence-electron chi connectivity index (χ1n) is 12.1. The van der Waals surface area contributed by atoms with Crippen molar-refractivity contribution in [2.24, 2.45) is 0 Å². The Morgan fingerprint density at radius 2 is 0.829 bits per heavy atom. The number of hydrogen-bond donors (Lipinski definition) is 1. The molecule has 0 aliphatic carbocycles. The minimum Gasteiger partial charge on any atom is -0.508 e. The molecule has 0 fully saturated rings. The molecule has 35 heavy (non-hydrogen) atoms. The van der Waals surface area contributed by atoms with E-state index in [0.29, 0.717) is 0 Å². The highest BCUT2D eigenvalue weighted by Gasteiger charge is 2.11. The monoisotopic (exact) mass is 454 g/mol. The van der Waals surface area contributed by atoms with Crippen LogP contribution in [0.25, 0.3) is 44.5 Å². The molecule has 0 amide bonds. The second kappa shape index (κ2) is 9.27. The van der Waals surface area contributed by atoms with Crippen LogP contribution in [0.5, 0.6) is 5.75 Å². The predicted molar refractivity (Wildman–Crippen MR) is 149 cm³/mol. The van der Waals surface area contributed by atoms with E-state index in [0.717, 1.165) is 11.1 Å². The molecule has 0 aliphatic rings. The zero-order chi connectivity index (χ0) is 24.5. The summed E-state index contributed by atoms with van der Waals surface area (Å²) >= 11 is 0. The van der Waals surface area contributed by atoms with Crippen molar-refractivity contribution in [1.82, 2.24) is 0 Å². The fourth-order valence-electron chi connectivity index (χ4n) is 4.91. The molecule has 1 nitrogen and oxygen atoms in total. The SMILES string of the molecule is Cc1cc(-c2ccc(O)cc2)ccc1-c1ccc(-c2ccc(C)c(-c3ccccc3C)c2)cc1C. The maximum absolute atomic E-state index is 9.58. The van der Waals surface area contributed by atoms with Crippen LogP contribution in [0.4, 0.5) is 0 Å². The topological polar surface area (TPSA) is 20.2 Å². The number of phenols is 1. The first-order chi connectivity index (χ1) is 16.9. The van der Waals surface area contributed by atoms with Gasteiger partial charge in [-0.15, -0.1) is 0 Å². The molecule has 0 unspecified atom stereocenters.